The summed E-state index contributed by atoms with van der Waals surface area (Å²) < 4.78 is 34.5. The zero-order valence-electron chi connectivity index (χ0n) is 66.3. The molecule has 12 N–H and O–H groups in total. The van der Waals surface area contributed by atoms with Crippen molar-refractivity contribution in [1.82, 2.24) is 5.32 Å². The lowest BCUT2D eigenvalue weighted by Gasteiger charge is -2.48. The average Bonchev–Trinajstić information content (AvgIpc) is 0.781. The minimum Gasteiger partial charge on any atom is -0.394 e. The molecule has 17 atom stereocenters. The molecule has 3 rings (SSSR count). The maximum absolute atomic E-state index is 13.5. The van der Waals surface area contributed by atoms with Crippen molar-refractivity contribution in [2.45, 2.75) is 413 Å². The first kappa shape index (κ1) is 97.6. The fourth-order valence-electron chi connectivity index (χ4n) is 13.8. The SMILES string of the molecule is CC/C=C\C/C=C\C/C=C\C/C=C\C/C=C\C/C=C\C/C=C\CCCCCCCCCCCCCCCCCC(=O)NC(COC1OC(CO)C(OC2OC(CO)C(OC3OC(CO)C(O)C(O)C3O)C(O)C2O)C(O)C1O)C(O)/C=C/CC/C=C/CCCCCCCCCCCCCCCCCCCCC. The van der Waals surface area contributed by atoms with Gasteiger partial charge in [-0.3, -0.25) is 4.79 Å². The van der Waals surface area contributed by atoms with Gasteiger partial charge in [0.25, 0.3) is 0 Å². The molecule has 19 heteroatoms. The fraction of sp³-hybridized carbons (Fsp3) is 0.784. The van der Waals surface area contributed by atoms with Crippen LogP contribution < -0.4 is 5.32 Å². The number of unbranched alkanes of at least 4 members (excludes halogenated alkanes) is 35. The Labute approximate surface area is 646 Å². The third-order valence-corrected chi connectivity index (χ3v) is 20.6. The van der Waals surface area contributed by atoms with Crippen molar-refractivity contribution >= 4 is 5.91 Å². The van der Waals surface area contributed by atoms with Gasteiger partial charge >= 0.3 is 0 Å². The van der Waals surface area contributed by atoms with E-state index in [9.17, 15) is 61.0 Å². The second kappa shape index (κ2) is 67.0. The molecule has 1 amide bonds. The van der Waals surface area contributed by atoms with Crippen molar-refractivity contribution < 1.29 is 89.4 Å². The molecule has 19 nitrogen and oxygen atoms in total. The Balaban J connectivity index is 1.35. The number of ether oxygens (including phenoxy) is 6. The molecule has 0 saturated carbocycles. The minimum atomic E-state index is -1.99. The molecule has 0 bridgehead atoms. The van der Waals surface area contributed by atoms with E-state index in [0.29, 0.717) is 12.8 Å². The van der Waals surface area contributed by atoms with E-state index in [4.69, 9.17) is 28.4 Å². The van der Waals surface area contributed by atoms with Crippen LogP contribution >= 0.6 is 0 Å². The lowest BCUT2D eigenvalue weighted by molar-refractivity contribution is -0.379. The van der Waals surface area contributed by atoms with Crippen LogP contribution in [0.25, 0.3) is 0 Å². The minimum absolute atomic E-state index is 0.231. The molecule has 3 heterocycles. The molecule has 17 unspecified atom stereocenters. The number of aliphatic hydroxyl groups excluding tert-OH is 11. The fourth-order valence-corrected chi connectivity index (χ4v) is 13.8. The van der Waals surface area contributed by atoms with Gasteiger partial charge in [0, 0.05) is 6.42 Å². The third-order valence-electron chi connectivity index (χ3n) is 20.6. The number of hydrogen-bond donors (Lipinski definition) is 12. The summed E-state index contributed by atoms with van der Waals surface area (Å²) in [5.74, 6) is -0.286. The zero-order valence-corrected chi connectivity index (χ0v) is 66.3. The monoisotopic (exact) mass is 1510 g/mol. The van der Waals surface area contributed by atoms with Crippen molar-refractivity contribution in [3.05, 3.63) is 109 Å². The predicted octanol–water partition coefficient (Wildman–Crippen LogP) is 15.3. The molecule has 0 aromatic heterocycles. The summed E-state index contributed by atoms with van der Waals surface area (Å²) in [4.78, 5) is 13.5. The van der Waals surface area contributed by atoms with Gasteiger partial charge < -0.3 is 89.9 Å². The Morgan fingerprint density at radius 1 is 0.346 bits per heavy atom. The van der Waals surface area contributed by atoms with E-state index in [1.165, 1.54) is 186 Å². The molecule has 0 aromatic rings. The van der Waals surface area contributed by atoms with Crippen molar-refractivity contribution in [3.8, 4) is 0 Å². The summed E-state index contributed by atoms with van der Waals surface area (Å²) in [6, 6.07) is -0.998. The lowest BCUT2D eigenvalue weighted by atomic mass is 9.96. The van der Waals surface area contributed by atoms with E-state index < -0.39 is 124 Å². The van der Waals surface area contributed by atoms with Gasteiger partial charge in [0.15, 0.2) is 18.9 Å². The summed E-state index contributed by atoms with van der Waals surface area (Å²) >= 11 is 0. The van der Waals surface area contributed by atoms with Gasteiger partial charge in [-0.2, -0.15) is 0 Å². The van der Waals surface area contributed by atoms with Crippen LogP contribution in [0.5, 0.6) is 0 Å². The van der Waals surface area contributed by atoms with Gasteiger partial charge in [0.05, 0.1) is 38.6 Å². The molecule has 3 fully saturated rings. The predicted molar refractivity (Wildman–Crippen MR) is 429 cm³/mol. The van der Waals surface area contributed by atoms with Crippen LogP contribution in [0.4, 0.5) is 0 Å². The van der Waals surface area contributed by atoms with Crippen LogP contribution in [0, 0.1) is 0 Å². The lowest BCUT2D eigenvalue weighted by Crippen LogP contribution is -2.66. The van der Waals surface area contributed by atoms with Crippen LogP contribution in [-0.4, -0.2) is 193 Å². The van der Waals surface area contributed by atoms with E-state index in [1.54, 1.807) is 6.08 Å². The largest absolute Gasteiger partial charge is 0.394 e. The van der Waals surface area contributed by atoms with Crippen molar-refractivity contribution in [3.63, 3.8) is 0 Å². The summed E-state index contributed by atoms with van der Waals surface area (Å²) in [7, 11) is 0. The Kier molecular flexibility index (Phi) is 61.1. The number of nitrogens with one attached hydrogen (secondary N) is 1. The molecule has 3 aliphatic rings. The molecule has 3 aliphatic heterocycles. The highest BCUT2D eigenvalue weighted by molar-refractivity contribution is 5.76. The summed E-state index contributed by atoms with van der Waals surface area (Å²) in [6.45, 7) is 1.63. The van der Waals surface area contributed by atoms with Gasteiger partial charge in [0.1, 0.15) is 73.2 Å². The quantitative estimate of drug-likeness (QED) is 0.0199. The number of carbonyl (C=O) groups is 1. The standard InChI is InChI=1S/C88H153NO18/c1-3-5-7-9-11-13-15-17-19-21-23-25-27-29-30-31-32-33-34-35-36-37-38-39-40-42-44-46-48-50-52-54-56-58-60-62-64-66-76(94)89-71(72(93)65-63-61-59-57-55-53-51-49-47-45-43-41-28-26-24-22-20-18-16-14-12-10-8-6-4-2)70-102-86-82(100)79(97)84(74(68-91)104-86)107-88-83(101)80(98)85(75(69-92)105-88)106-87-81(99)78(96)77(95)73(67-90)103-87/h5,7,11,13,17,19,23,25,29-30,32-33,35-36,55,57,63,65,71-75,77-88,90-93,95-101H,3-4,6,8-10,12,14-16,18,20-22,24,26-28,31,34,37-54,56,58-62,64,66-70H2,1-2H3,(H,89,94)/b7-5-,13-11-,19-17-,25-23-,30-29-,33-32-,36-35-,57-55+,65-63+. The van der Waals surface area contributed by atoms with Crippen LogP contribution in [0.15, 0.2) is 109 Å². The van der Waals surface area contributed by atoms with Crippen molar-refractivity contribution in [2.75, 3.05) is 26.4 Å². The Morgan fingerprint density at radius 2 is 0.654 bits per heavy atom. The van der Waals surface area contributed by atoms with Gasteiger partial charge in [-0.05, 0) is 89.9 Å². The van der Waals surface area contributed by atoms with Gasteiger partial charge in [0.2, 0.25) is 5.91 Å². The molecule has 0 aromatic carbocycles. The Hall–Kier alpha value is -3.55. The van der Waals surface area contributed by atoms with Crippen molar-refractivity contribution in [2.24, 2.45) is 0 Å². The first-order valence-corrected chi connectivity index (χ1v) is 42.6. The van der Waals surface area contributed by atoms with Crippen LogP contribution in [0.1, 0.15) is 309 Å². The molecular formula is C88H153NO18. The van der Waals surface area contributed by atoms with E-state index in [2.05, 4.69) is 116 Å². The summed E-state index contributed by atoms with van der Waals surface area (Å²) in [6.07, 6.45) is 66.5. The number of hydrogen-bond acceptors (Lipinski definition) is 18. The molecule has 618 valence electrons. The molecule has 0 spiro atoms. The van der Waals surface area contributed by atoms with Gasteiger partial charge in [-0.15, -0.1) is 0 Å². The maximum Gasteiger partial charge on any atom is 0.220 e. The Bertz CT molecular complexity index is 2360. The maximum atomic E-state index is 13.5. The second-order valence-electron chi connectivity index (χ2n) is 29.9. The second-order valence-corrected chi connectivity index (χ2v) is 29.9. The number of aliphatic hydroxyl groups is 11. The summed E-state index contributed by atoms with van der Waals surface area (Å²) in [5.41, 5.74) is 0. The van der Waals surface area contributed by atoms with Gasteiger partial charge in [-0.25, -0.2) is 0 Å². The van der Waals surface area contributed by atoms with E-state index in [-0.39, 0.29) is 18.9 Å². The van der Waals surface area contributed by atoms with Crippen LogP contribution in [-0.2, 0) is 33.2 Å². The molecular weight excluding hydrogens is 1360 g/mol. The number of amides is 1. The van der Waals surface area contributed by atoms with Crippen LogP contribution in [0.3, 0.4) is 0 Å². The number of rotatable bonds is 67. The zero-order chi connectivity index (χ0) is 77.4. The molecule has 3 saturated heterocycles. The summed E-state index contributed by atoms with van der Waals surface area (Å²) in [5, 5.41) is 121. The highest BCUT2D eigenvalue weighted by Crippen LogP contribution is 2.33. The first-order chi connectivity index (χ1) is 52.3. The number of carbonyl (C=O) groups excluding carboxylic acids is 1. The first-order valence-electron chi connectivity index (χ1n) is 42.6. The van der Waals surface area contributed by atoms with E-state index in [1.807, 2.05) is 6.08 Å². The number of allylic oxidation sites excluding steroid dienone is 17. The Morgan fingerprint density at radius 3 is 1.05 bits per heavy atom. The van der Waals surface area contributed by atoms with E-state index in [0.717, 1.165) is 89.9 Å². The average molecular weight is 1510 g/mol. The molecule has 107 heavy (non-hydrogen) atoms. The highest BCUT2D eigenvalue weighted by atomic mass is 16.8. The topological polar surface area (TPSA) is 307 Å². The smallest absolute Gasteiger partial charge is 0.220 e. The van der Waals surface area contributed by atoms with Crippen LogP contribution in [0.2, 0.25) is 0 Å². The normalized spacial score (nSPS) is 26.1. The van der Waals surface area contributed by atoms with Crippen molar-refractivity contribution in [1.29, 1.82) is 0 Å². The molecule has 0 aliphatic carbocycles. The van der Waals surface area contributed by atoms with Gasteiger partial charge in [-0.1, -0.05) is 322 Å². The van der Waals surface area contributed by atoms with E-state index >= 15 is 0 Å². The third kappa shape index (κ3) is 46.3. The molecule has 0 radical (unpaired) electrons. The highest BCUT2D eigenvalue weighted by Gasteiger charge is 2.54.